The third-order valence-corrected chi connectivity index (χ3v) is 4.42. The Morgan fingerprint density at radius 1 is 1.04 bits per heavy atom. The molecule has 7 N–H and O–H groups in total. The molecule has 0 aliphatic rings. The van der Waals surface area contributed by atoms with Gasteiger partial charge in [0, 0.05) is 0 Å². The molecule has 0 aliphatic heterocycles. The van der Waals surface area contributed by atoms with Gasteiger partial charge in [0.05, 0.1) is 6.04 Å². The van der Waals surface area contributed by atoms with E-state index < -0.39 is 35.9 Å². The molecule has 0 saturated heterocycles. The van der Waals surface area contributed by atoms with Crippen molar-refractivity contribution in [1.29, 1.82) is 0 Å². The molecular formula is C18H36N4O4. The van der Waals surface area contributed by atoms with Crippen LogP contribution in [0, 0.1) is 11.8 Å². The molecule has 0 aromatic carbocycles. The molecule has 0 fully saturated rings. The number of aliphatic carboxylic acids is 1. The van der Waals surface area contributed by atoms with Crippen LogP contribution in [0.25, 0.3) is 0 Å². The summed E-state index contributed by atoms with van der Waals surface area (Å²) in [6, 6.07) is -2.51. The highest BCUT2D eigenvalue weighted by Gasteiger charge is 2.30. The maximum atomic E-state index is 12.6. The molecule has 152 valence electrons. The van der Waals surface area contributed by atoms with Gasteiger partial charge in [0.1, 0.15) is 12.1 Å². The fourth-order valence-corrected chi connectivity index (χ4v) is 2.56. The summed E-state index contributed by atoms with van der Waals surface area (Å²) >= 11 is 0. The first-order chi connectivity index (χ1) is 12.1. The summed E-state index contributed by atoms with van der Waals surface area (Å²) in [5.74, 6) is -2.05. The van der Waals surface area contributed by atoms with Gasteiger partial charge in [0.25, 0.3) is 0 Å². The van der Waals surface area contributed by atoms with E-state index in [1.54, 1.807) is 6.92 Å². The molecule has 0 aliphatic carbocycles. The van der Waals surface area contributed by atoms with Crippen LogP contribution in [0.15, 0.2) is 0 Å². The number of carboxylic acid groups (broad SMARTS) is 1. The average molecular weight is 373 g/mol. The summed E-state index contributed by atoms with van der Waals surface area (Å²) in [5.41, 5.74) is 11.3. The summed E-state index contributed by atoms with van der Waals surface area (Å²) < 4.78 is 0. The molecule has 0 aromatic heterocycles. The summed E-state index contributed by atoms with van der Waals surface area (Å²) in [7, 11) is 0. The fraction of sp³-hybridized carbons (Fsp3) is 0.833. The van der Waals surface area contributed by atoms with Crippen LogP contribution in [0.3, 0.4) is 0 Å². The third kappa shape index (κ3) is 9.15. The lowest BCUT2D eigenvalue weighted by Gasteiger charge is -2.26. The maximum absolute atomic E-state index is 12.6. The van der Waals surface area contributed by atoms with E-state index in [4.69, 9.17) is 11.5 Å². The molecule has 0 radical (unpaired) electrons. The van der Waals surface area contributed by atoms with Crippen molar-refractivity contribution in [2.24, 2.45) is 23.3 Å². The number of carbonyl (C=O) groups excluding carboxylic acids is 2. The lowest BCUT2D eigenvalue weighted by Crippen LogP contribution is -2.55. The molecule has 8 heteroatoms. The SMILES string of the molecule is CCC(C)C(NC(=O)C(CC(C)C)NC(=O)C(N)CCCCN)C(=O)O. The van der Waals surface area contributed by atoms with Gasteiger partial charge in [-0.1, -0.05) is 40.5 Å². The van der Waals surface area contributed by atoms with Crippen LogP contribution in [0.1, 0.15) is 59.8 Å². The van der Waals surface area contributed by atoms with E-state index in [9.17, 15) is 19.5 Å². The van der Waals surface area contributed by atoms with Crippen LogP contribution in [-0.2, 0) is 14.4 Å². The van der Waals surface area contributed by atoms with Crippen molar-refractivity contribution >= 4 is 17.8 Å². The molecule has 4 atom stereocenters. The molecule has 0 spiro atoms. The number of rotatable bonds is 13. The predicted molar refractivity (Wildman–Crippen MR) is 101 cm³/mol. The summed E-state index contributed by atoms with van der Waals surface area (Å²) in [6.45, 7) is 8.02. The molecule has 0 heterocycles. The van der Waals surface area contributed by atoms with E-state index >= 15 is 0 Å². The molecule has 8 nitrogen and oxygen atoms in total. The van der Waals surface area contributed by atoms with E-state index in [1.807, 2.05) is 20.8 Å². The number of hydrogen-bond acceptors (Lipinski definition) is 5. The summed E-state index contributed by atoms with van der Waals surface area (Å²) in [6.07, 6.45) is 3.03. The fourth-order valence-electron chi connectivity index (χ4n) is 2.56. The number of carboxylic acids is 1. The zero-order chi connectivity index (χ0) is 20.3. The lowest BCUT2D eigenvalue weighted by atomic mass is 9.97. The molecule has 4 unspecified atom stereocenters. The van der Waals surface area contributed by atoms with E-state index in [2.05, 4.69) is 10.6 Å². The topological polar surface area (TPSA) is 148 Å². The van der Waals surface area contributed by atoms with Crippen molar-refractivity contribution in [3.63, 3.8) is 0 Å². The Balaban J connectivity index is 4.97. The Kier molecular flexibility index (Phi) is 11.8. The van der Waals surface area contributed by atoms with Gasteiger partial charge in [-0.15, -0.1) is 0 Å². The van der Waals surface area contributed by atoms with Gasteiger partial charge in [0.15, 0.2) is 0 Å². The first-order valence-electron chi connectivity index (χ1n) is 9.43. The number of nitrogens with two attached hydrogens (primary N) is 2. The van der Waals surface area contributed by atoms with Gasteiger partial charge in [-0.25, -0.2) is 4.79 Å². The van der Waals surface area contributed by atoms with Gasteiger partial charge in [-0.05, 0) is 37.6 Å². The number of carbonyl (C=O) groups is 3. The number of amides is 2. The second-order valence-corrected chi connectivity index (χ2v) is 7.29. The van der Waals surface area contributed by atoms with Crippen LogP contribution in [0.2, 0.25) is 0 Å². The molecule has 26 heavy (non-hydrogen) atoms. The van der Waals surface area contributed by atoms with Gasteiger partial charge in [-0.3, -0.25) is 9.59 Å². The van der Waals surface area contributed by atoms with Crippen molar-refractivity contribution in [2.45, 2.75) is 77.9 Å². The van der Waals surface area contributed by atoms with E-state index in [1.165, 1.54) is 0 Å². The Bertz CT molecular complexity index is 456. The molecule has 0 saturated carbocycles. The predicted octanol–water partition coefficient (Wildman–Crippen LogP) is 0.589. The average Bonchev–Trinajstić information content (AvgIpc) is 2.57. The van der Waals surface area contributed by atoms with E-state index in [0.29, 0.717) is 25.8 Å². The highest BCUT2D eigenvalue weighted by Crippen LogP contribution is 2.11. The second-order valence-electron chi connectivity index (χ2n) is 7.29. The monoisotopic (exact) mass is 372 g/mol. The van der Waals surface area contributed by atoms with Gasteiger partial charge in [0.2, 0.25) is 11.8 Å². The summed E-state index contributed by atoms with van der Waals surface area (Å²) in [4.78, 5) is 36.3. The maximum Gasteiger partial charge on any atom is 0.326 e. The Hall–Kier alpha value is -1.67. The smallest absolute Gasteiger partial charge is 0.326 e. The first-order valence-corrected chi connectivity index (χ1v) is 9.43. The first kappa shape index (κ1) is 24.3. The summed E-state index contributed by atoms with van der Waals surface area (Å²) in [5, 5.41) is 14.6. The zero-order valence-electron chi connectivity index (χ0n) is 16.5. The minimum absolute atomic E-state index is 0.145. The molecule has 0 rings (SSSR count). The zero-order valence-corrected chi connectivity index (χ0v) is 16.5. The Labute approximate surface area is 156 Å². The molecule has 0 bridgehead atoms. The van der Waals surface area contributed by atoms with Crippen molar-refractivity contribution < 1.29 is 19.5 Å². The number of hydrogen-bond donors (Lipinski definition) is 5. The molecule has 0 aromatic rings. The third-order valence-electron chi connectivity index (χ3n) is 4.42. The highest BCUT2D eigenvalue weighted by atomic mass is 16.4. The van der Waals surface area contributed by atoms with Gasteiger partial charge < -0.3 is 27.2 Å². The second kappa shape index (κ2) is 12.6. The number of nitrogens with one attached hydrogen (secondary N) is 2. The highest BCUT2D eigenvalue weighted by molar-refractivity contribution is 5.91. The van der Waals surface area contributed by atoms with Crippen molar-refractivity contribution in [1.82, 2.24) is 10.6 Å². The molecule has 2 amide bonds. The van der Waals surface area contributed by atoms with E-state index in [0.717, 1.165) is 12.8 Å². The van der Waals surface area contributed by atoms with Crippen molar-refractivity contribution in [2.75, 3.05) is 6.54 Å². The Morgan fingerprint density at radius 3 is 2.12 bits per heavy atom. The van der Waals surface area contributed by atoms with Crippen molar-refractivity contribution in [3.8, 4) is 0 Å². The van der Waals surface area contributed by atoms with Crippen LogP contribution in [0.4, 0.5) is 0 Å². The standard InChI is InChI=1S/C18H36N4O4/c1-5-12(4)15(18(25)26)22-17(24)14(10-11(2)3)21-16(23)13(20)8-6-7-9-19/h11-15H,5-10,19-20H2,1-4H3,(H,21,23)(H,22,24)(H,25,26). The lowest BCUT2D eigenvalue weighted by molar-refractivity contribution is -0.143. The van der Waals surface area contributed by atoms with Crippen LogP contribution in [0.5, 0.6) is 0 Å². The van der Waals surface area contributed by atoms with Crippen LogP contribution >= 0.6 is 0 Å². The van der Waals surface area contributed by atoms with Crippen LogP contribution < -0.4 is 22.1 Å². The van der Waals surface area contributed by atoms with Gasteiger partial charge >= 0.3 is 5.97 Å². The Morgan fingerprint density at radius 2 is 1.65 bits per heavy atom. The number of unbranched alkanes of at least 4 members (excludes halogenated alkanes) is 1. The minimum atomic E-state index is -1.08. The van der Waals surface area contributed by atoms with Gasteiger partial charge in [-0.2, -0.15) is 0 Å². The quantitative estimate of drug-likeness (QED) is 0.299. The van der Waals surface area contributed by atoms with Crippen LogP contribution in [-0.4, -0.2) is 47.6 Å². The molecular weight excluding hydrogens is 336 g/mol. The van der Waals surface area contributed by atoms with E-state index in [-0.39, 0.29) is 11.8 Å². The van der Waals surface area contributed by atoms with Crippen molar-refractivity contribution in [3.05, 3.63) is 0 Å². The largest absolute Gasteiger partial charge is 0.480 e. The minimum Gasteiger partial charge on any atom is -0.480 e. The normalized spacial score (nSPS) is 15.8.